The van der Waals surface area contributed by atoms with E-state index in [1.165, 1.54) is 11.8 Å². The molecule has 0 aliphatic carbocycles. The van der Waals surface area contributed by atoms with E-state index in [2.05, 4.69) is 47.0 Å². The van der Waals surface area contributed by atoms with E-state index < -0.39 is 6.03 Å². The molecular weight excluding hydrogens is 597 g/mol. The first-order valence-electron chi connectivity index (χ1n) is 12.7. The van der Waals surface area contributed by atoms with Gasteiger partial charge in [0.2, 0.25) is 5.91 Å². The number of carbonyl (C=O) groups excluding carboxylic acids is 2. The first kappa shape index (κ1) is 34.4. The van der Waals surface area contributed by atoms with E-state index in [1.807, 2.05) is 48.7 Å². The second-order valence-corrected chi connectivity index (χ2v) is 10.8. The third-order valence-corrected chi connectivity index (χ3v) is 6.49. The van der Waals surface area contributed by atoms with E-state index in [0.29, 0.717) is 28.8 Å². The number of pyridine rings is 1. The van der Waals surface area contributed by atoms with Crippen molar-refractivity contribution in [1.82, 2.24) is 20.1 Å². The molecule has 2 aromatic heterocycles. The van der Waals surface area contributed by atoms with Crippen LogP contribution in [0.25, 0.3) is 5.69 Å². The van der Waals surface area contributed by atoms with Crippen molar-refractivity contribution in [2.75, 3.05) is 35.8 Å². The molecule has 224 valence electrons. The molecule has 0 radical (unpaired) electrons. The van der Waals surface area contributed by atoms with Crippen molar-refractivity contribution in [3.8, 4) is 17.2 Å². The smallest absolute Gasteiger partial charge is 0.324 e. The minimum atomic E-state index is -0.391. The van der Waals surface area contributed by atoms with Crippen LogP contribution in [0.1, 0.15) is 26.5 Å². The van der Waals surface area contributed by atoms with Crippen LogP contribution in [0, 0.1) is 0 Å². The summed E-state index contributed by atoms with van der Waals surface area (Å²) in [4.78, 5) is 29.9. The number of nitrogens with zero attached hydrogens (tertiary/aromatic N) is 3. The second-order valence-electron chi connectivity index (χ2n) is 9.91. The van der Waals surface area contributed by atoms with E-state index >= 15 is 0 Å². The number of benzene rings is 2. The normalized spacial score (nSPS) is 10.6. The van der Waals surface area contributed by atoms with E-state index in [4.69, 9.17) is 9.84 Å². The number of rotatable bonds is 9. The Morgan fingerprint density at radius 2 is 1.64 bits per heavy atom. The van der Waals surface area contributed by atoms with Crippen molar-refractivity contribution in [2.24, 2.45) is 0 Å². The highest BCUT2D eigenvalue weighted by molar-refractivity contribution is 7.98. The molecule has 42 heavy (non-hydrogen) atoms. The quantitative estimate of drug-likeness (QED) is 0.151. The van der Waals surface area contributed by atoms with Gasteiger partial charge in [-0.05, 0) is 49.7 Å². The van der Waals surface area contributed by atoms with Crippen molar-refractivity contribution in [3.05, 3.63) is 78.6 Å². The maximum absolute atomic E-state index is 13.1. The maximum Gasteiger partial charge on any atom is 0.324 e. The number of hydrogen-bond acceptors (Lipinski definition) is 7. The fourth-order valence-corrected chi connectivity index (χ4v) is 4.31. The van der Waals surface area contributed by atoms with E-state index in [1.54, 1.807) is 42.2 Å². The number of ether oxygens (including phenoxy) is 1. The van der Waals surface area contributed by atoms with Gasteiger partial charge in [-0.25, -0.2) is 14.5 Å². The van der Waals surface area contributed by atoms with Gasteiger partial charge < -0.3 is 20.7 Å². The Balaban J connectivity index is 0.00000308. The molecule has 0 spiro atoms. The van der Waals surface area contributed by atoms with Crippen molar-refractivity contribution in [1.29, 1.82) is 0 Å². The third kappa shape index (κ3) is 9.12. The lowest BCUT2D eigenvalue weighted by molar-refractivity contribution is -0.115. The molecule has 0 aliphatic rings. The van der Waals surface area contributed by atoms with Gasteiger partial charge >= 0.3 is 6.03 Å². The first-order valence-corrected chi connectivity index (χ1v) is 13.9. The van der Waals surface area contributed by atoms with Gasteiger partial charge in [0.25, 0.3) is 0 Å². The van der Waals surface area contributed by atoms with Crippen LogP contribution < -0.4 is 26.0 Å². The molecule has 10 nitrogen and oxygen atoms in total. The zero-order valence-corrected chi connectivity index (χ0v) is 26.4. The number of carbonyl (C=O) groups is 2. The predicted molar refractivity (Wildman–Crippen MR) is 174 cm³/mol. The van der Waals surface area contributed by atoms with Gasteiger partial charge in [-0.1, -0.05) is 39.0 Å². The molecule has 2 aromatic carbocycles. The molecule has 4 N–H and O–H groups in total. The van der Waals surface area contributed by atoms with E-state index in [0.717, 1.165) is 16.3 Å². The summed E-state index contributed by atoms with van der Waals surface area (Å²) in [5.74, 6) is 1.85. The number of hydrogen-bond donors (Lipinski definition) is 4. The SMILES string of the molecule is CNCC(=O)Nc1cc(Oc2ccc(NC(=O)Nc3cc(C(C)(C)C)nn3-c3ccccc3)c(SC)c2)ccn1.Cl.Cl. The van der Waals surface area contributed by atoms with Crippen molar-refractivity contribution >= 4 is 65.8 Å². The zero-order chi connectivity index (χ0) is 28.7. The molecule has 4 aromatic rings. The van der Waals surface area contributed by atoms with Gasteiger partial charge in [0.15, 0.2) is 0 Å². The van der Waals surface area contributed by atoms with Crippen LogP contribution in [-0.2, 0) is 10.2 Å². The largest absolute Gasteiger partial charge is 0.457 e. The summed E-state index contributed by atoms with van der Waals surface area (Å²) in [5.41, 5.74) is 2.15. The van der Waals surface area contributed by atoms with Crippen LogP contribution in [0.15, 0.2) is 77.8 Å². The number of para-hydroxylation sites is 1. The molecule has 0 saturated heterocycles. The van der Waals surface area contributed by atoms with Gasteiger partial charge in [-0.2, -0.15) is 5.10 Å². The Kier molecular flexibility index (Phi) is 12.7. The molecular formula is C29H35Cl2N7O3S. The van der Waals surface area contributed by atoms with Crippen LogP contribution in [0.3, 0.4) is 0 Å². The topological polar surface area (TPSA) is 122 Å². The number of amides is 3. The average molecular weight is 633 g/mol. The lowest BCUT2D eigenvalue weighted by Gasteiger charge is -2.14. The lowest BCUT2D eigenvalue weighted by Crippen LogP contribution is -2.25. The average Bonchev–Trinajstić information content (AvgIpc) is 3.34. The monoisotopic (exact) mass is 631 g/mol. The summed E-state index contributed by atoms with van der Waals surface area (Å²) in [5, 5.41) is 16.1. The van der Waals surface area contributed by atoms with Crippen LogP contribution in [0.5, 0.6) is 11.5 Å². The molecule has 2 heterocycles. The molecule has 3 amide bonds. The number of thioether (sulfide) groups is 1. The van der Waals surface area contributed by atoms with E-state index in [-0.39, 0.29) is 42.7 Å². The van der Waals surface area contributed by atoms with Crippen molar-refractivity contribution in [3.63, 3.8) is 0 Å². The van der Waals surface area contributed by atoms with Gasteiger partial charge in [0.1, 0.15) is 23.1 Å². The number of likely N-dealkylation sites (N-methyl/N-ethyl adjacent to an activating group) is 1. The highest BCUT2D eigenvalue weighted by atomic mass is 35.5. The summed E-state index contributed by atoms with van der Waals surface area (Å²) >= 11 is 1.48. The Bertz CT molecular complexity index is 1490. The van der Waals surface area contributed by atoms with Gasteiger partial charge in [-0.3, -0.25) is 10.1 Å². The number of urea groups is 1. The predicted octanol–water partition coefficient (Wildman–Crippen LogP) is 6.72. The molecule has 0 saturated carbocycles. The molecule has 0 unspecified atom stereocenters. The summed E-state index contributed by atoms with van der Waals surface area (Å²) in [6.07, 6.45) is 3.48. The summed E-state index contributed by atoms with van der Waals surface area (Å²) < 4.78 is 7.73. The summed E-state index contributed by atoms with van der Waals surface area (Å²) in [6.45, 7) is 6.42. The fourth-order valence-electron chi connectivity index (χ4n) is 3.74. The number of aromatic nitrogens is 3. The Labute approximate surface area is 262 Å². The molecule has 4 rings (SSSR count). The standard InChI is InChI=1S/C29H33N7O3S.2ClH/c1-29(2,3)24-17-26(36(35-24)19-9-7-6-8-10-19)34-28(38)32-22-12-11-20(15-23(22)40-5)39-21-13-14-31-25(16-21)33-27(37)18-30-4;;/h6-17,30H,18H2,1-5H3,(H,31,33,37)(H2,32,34,38);2*1H. The summed E-state index contributed by atoms with van der Waals surface area (Å²) in [6, 6.07) is 19.9. The van der Waals surface area contributed by atoms with Crippen molar-refractivity contribution in [2.45, 2.75) is 31.1 Å². The molecule has 0 atom stereocenters. The highest BCUT2D eigenvalue weighted by Crippen LogP contribution is 2.33. The third-order valence-electron chi connectivity index (χ3n) is 5.71. The van der Waals surface area contributed by atoms with Crippen LogP contribution >= 0.6 is 36.6 Å². The van der Waals surface area contributed by atoms with Gasteiger partial charge in [-0.15, -0.1) is 36.6 Å². The minimum absolute atomic E-state index is 0. The Hall–Kier alpha value is -3.77. The molecule has 13 heteroatoms. The molecule has 0 aliphatic heterocycles. The lowest BCUT2D eigenvalue weighted by atomic mass is 9.92. The number of anilines is 3. The highest BCUT2D eigenvalue weighted by Gasteiger charge is 2.22. The van der Waals surface area contributed by atoms with Gasteiger partial charge in [0.05, 0.1) is 23.6 Å². The second kappa shape index (κ2) is 15.5. The summed E-state index contributed by atoms with van der Waals surface area (Å²) in [7, 11) is 1.70. The van der Waals surface area contributed by atoms with Crippen molar-refractivity contribution < 1.29 is 14.3 Å². The number of halogens is 2. The maximum atomic E-state index is 13.1. The first-order chi connectivity index (χ1) is 19.2. The van der Waals surface area contributed by atoms with Crippen LogP contribution in [0.4, 0.5) is 22.1 Å². The zero-order valence-electron chi connectivity index (χ0n) is 23.9. The molecule has 0 fully saturated rings. The fraction of sp³-hybridized carbons (Fsp3) is 0.241. The molecule has 0 bridgehead atoms. The van der Waals surface area contributed by atoms with Gasteiger partial charge in [0, 0.05) is 28.6 Å². The van der Waals surface area contributed by atoms with Crippen LogP contribution in [0.2, 0.25) is 0 Å². The Morgan fingerprint density at radius 3 is 2.31 bits per heavy atom. The minimum Gasteiger partial charge on any atom is -0.457 e. The van der Waals surface area contributed by atoms with E-state index in [9.17, 15) is 9.59 Å². The Morgan fingerprint density at radius 1 is 0.929 bits per heavy atom. The van der Waals surface area contributed by atoms with Crippen LogP contribution in [-0.4, -0.2) is 46.6 Å². The number of nitrogens with one attached hydrogen (secondary N) is 4.